The monoisotopic (exact) mass is 263 g/mol. The second-order valence-electron chi connectivity index (χ2n) is 2.45. The highest BCUT2D eigenvalue weighted by Gasteiger charge is 2.54. The van der Waals surface area contributed by atoms with Crippen molar-refractivity contribution in [3.8, 4) is 0 Å². The quantitative estimate of drug-likeness (QED) is 0.537. The predicted octanol–water partition coefficient (Wildman–Crippen LogP) is -1.21. The van der Waals surface area contributed by atoms with Crippen LogP contribution in [0.1, 0.15) is 6.92 Å². The number of hydrogen-bond acceptors (Lipinski definition) is 6. The number of carbonyl (C=O) groups excluding carboxylic acids is 1. The lowest BCUT2D eigenvalue weighted by atomic mass is 10.8. The van der Waals surface area contributed by atoms with Gasteiger partial charge < -0.3 is 10.1 Å². The minimum Gasteiger partial charge on any atom is -0.407 e. The maximum Gasteiger partial charge on any atom is 0.409 e. The molecule has 0 atom stereocenters. The molecule has 0 aromatic heterocycles. The fourth-order valence-electron chi connectivity index (χ4n) is 0.458. The minimum atomic E-state index is -5.35. The summed E-state index contributed by atoms with van der Waals surface area (Å²) in [6, 6.07) is 0. The summed E-state index contributed by atoms with van der Waals surface area (Å²) in [5.41, 5.74) is 0. The molecule has 0 rings (SSSR count). The maximum absolute atomic E-state index is 10.7. The van der Waals surface area contributed by atoms with Gasteiger partial charge in [0.15, 0.2) is 0 Å². The number of ether oxygens (including phenoxy) is 1. The van der Waals surface area contributed by atoms with Gasteiger partial charge >= 0.3 is 30.6 Å². The van der Waals surface area contributed by atoms with Gasteiger partial charge in [0, 0.05) is 14.0 Å². The Morgan fingerprint density at radius 1 is 1.20 bits per heavy atom. The third-order valence-corrected chi connectivity index (χ3v) is 4.72. The number of carbonyl (C=O) groups is 1. The molecular weight excluding hydrogens is 254 g/mol. The fourth-order valence-corrected chi connectivity index (χ4v) is 1.88. The van der Waals surface area contributed by atoms with Crippen LogP contribution in [0.4, 0.5) is 4.79 Å². The molecule has 0 spiro atoms. The highest BCUT2D eigenvalue weighted by molar-refractivity contribution is 8.05. The van der Waals surface area contributed by atoms with Crippen molar-refractivity contribution in [1.29, 1.82) is 0 Å². The number of nitrogens with one attached hydrogen (secondary N) is 1. The van der Waals surface area contributed by atoms with Gasteiger partial charge in [-0.2, -0.15) is 16.8 Å². The molecule has 90 valence electrons. The summed E-state index contributed by atoms with van der Waals surface area (Å²) in [4.78, 5) is 10.6. The molecule has 0 radical (unpaired) electrons. The lowest BCUT2D eigenvalue weighted by Crippen LogP contribution is -2.48. The summed E-state index contributed by atoms with van der Waals surface area (Å²) in [5, 5.41) is 1.75. The molecule has 0 saturated heterocycles. The molecule has 0 bridgehead atoms. The average Bonchev–Trinajstić information content (AvgIpc) is 1.99. The largest absolute Gasteiger partial charge is 0.409 e. The van der Waals surface area contributed by atoms with Crippen LogP contribution >= 0.6 is 0 Å². The van der Waals surface area contributed by atoms with Crippen LogP contribution in [0.5, 0.6) is 0 Å². The average molecular weight is 263 g/mol. The van der Waals surface area contributed by atoms with E-state index in [1.807, 2.05) is 0 Å². The van der Waals surface area contributed by atoms with Gasteiger partial charge in [0.05, 0.1) is 0 Å². The molecule has 0 aliphatic carbocycles. The smallest absolute Gasteiger partial charge is 0.407 e. The Morgan fingerprint density at radius 3 is 1.73 bits per heavy atom. The van der Waals surface area contributed by atoms with E-state index < -0.39 is 30.6 Å². The predicted molar refractivity (Wildman–Crippen MR) is 47.0 cm³/mol. The first-order valence-corrected chi connectivity index (χ1v) is 6.18. The van der Waals surface area contributed by atoms with E-state index in [1.165, 1.54) is 0 Å². The van der Waals surface area contributed by atoms with E-state index in [0.717, 1.165) is 7.05 Å². The lowest BCUT2D eigenvalue weighted by Gasteiger charge is -2.22. The summed E-state index contributed by atoms with van der Waals surface area (Å²) in [6.07, 6.45) is -1.45. The molecule has 0 aliphatic heterocycles. The highest BCUT2D eigenvalue weighted by atomic mass is 32.3. The zero-order valence-electron chi connectivity index (χ0n) is 7.66. The summed E-state index contributed by atoms with van der Waals surface area (Å²) in [7, 11) is -9.67. The molecule has 15 heavy (non-hydrogen) atoms. The van der Waals surface area contributed by atoms with Crippen LogP contribution in [0.2, 0.25) is 0 Å². The van der Waals surface area contributed by atoms with Gasteiger partial charge in [0.1, 0.15) is 0 Å². The molecule has 9 nitrogen and oxygen atoms in total. The van der Waals surface area contributed by atoms with Gasteiger partial charge in [-0.3, -0.25) is 9.11 Å². The van der Waals surface area contributed by atoms with Gasteiger partial charge in [-0.25, -0.2) is 4.79 Å². The van der Waals surface area contributed by atoms with Crippen LogP contribution in [0.15, 0.2) is 0 Å². The number of alkyl carbamates (subject to hydrolysis) is 1. The maximum atomic E-state index is 10.7. The first-order chi connectivity index (χ1) is 6.45. The van der Waals surface area contributed by atoms with Crippen molar-refractivity contribution in [2.75, 3.05) is 7.05 Å². The van der Waals surface area contributed by atoms with Crippen molar-refractivity contribution in [2.45, 2.75) is 11.2 Å². The first-order valence-electron chi connectivity index (χ1n) is 3.30. The SMILES string of the molecule is CNC(=O)OC(C)(S(=O)(=O)O)S(=O)(=O)O. The van der Waals surface area contributed by atoms with Crippen molar-refractivity contribution in [3.63, 3.8) is 0 Å². The molecule has 0 heterocycles. The Hall–Kier alpha value is -0.910. The van der Waals surface area contributed by atoms with Crippen molar-refractivity contribution in [1.82, 2.24) is 5.32 Å². The molecule has 0 aliphatic rings. The molecule has 0 unspecified atom stereocenters. The molecule has 0 fully saturated rings. The fraction of sp³-hybridized carbons (Fsp3) is 0.750. The molecule has 0 aromatic carbocycles. The molecule has 3 N–H and O–H groups in total. The lowest BCUT2D eigenvalue weighted by molar-refractivity contribution is 0.112. The summed E-state index contributed by atoms with van der Waals surface area (Å²) >= 11 is 0. The van der Waals surface area contributed by atoms with Crippen LogP contribution < -0.4 is 5.32 Å². The third-order valence-electron chi connectivity index (χ3n) is 1.42. The van der Waals surface area contributed by atoms with Crippen molar-refractivity contribution >= 4 is 26.3 Å². The zero-order valence-corrected chi connectivity index (χ0v) is 9.29. The van der Waals surface area contributed by atoms with Gasteiger partial charge in [-0.15, -0.1) is 0 Å². The Kier molecular flexibility index (Phi) is 3.68. The minimum absolute atomic E-state index is 0.312. The van der Waals surface area contributed by atoms with Crippen molar-refractivity contribution in [2.24, 2.45) is 0 Å². The van der Waals surface area contributed by atoms with Crippen molar-refractivity contribution in [3.05, 3.63) is 0 Å². The Bertz CT molecular complexity index is 415. The van der Waals surface area contributed by atoms with E-state index in [4.69, 9.17) is 9.11 Å². The Labute approximate surface area is 85.9 Å². The summed E-state index contributed by atoms with van der Waals surface area (Å²) in [5.74, 6) is 0. The normalized spacial score (nSPS) is 13.3. The van der Waals surface area contributed by atoms with Gasteiger partial charge in [0.25, 0.3) is 0 Å². The van der Waals surface area contributed by atoms with E-state index in [-0.39, 0.29) is 0 Å². The molecule has 1 amide bonds. The Morgan fingerprint density at radius 2 is 1.53 bits per heavy atom. The van der Waals surface area contributed by atoms with E-state index in [0.29, 0.717) is 6.92 Å². The standard InChI is InChI=1S/C4H9NO8S2/c1-4(14(7,8)9,15(10,11)12)13-3(6)5-2/h1-2H3,(H,5,6)(H,7,8,9)(H,10,11,12). The van der Waals surface area contributed by atoms with Crippen molar-refractivity contribution < 1.29 is 35.5 Å². The van der Waals surface area contributed by atoms with E-state index in [9.17, 15) is 21.6 Å². The van der Waals surface area contributed by atoms with Gasteiger partial charge in [-0.1, -0.05) is 0 Å². The van der Waals surface area contributed by atoms with Crippen LogP contribution in [0.25, 0.3) is 0 Å². The van der Waals surface area contributed by atoms with Crippen LogP contribution in [-0.4, -0.2) is 43.3 Å². The van der Waals surface area contributed by atoms with Crippen LogP contribution in [0.3, 0.4) is 0 Å². The second kappa shape index (κ2) is 3.92. The van der Waals surface area contributed by atoms with E-state index in [2.05, 4.69) is 4.74 Å². The molecule has 0 aromatic rings. The number of hydrogen-bond donors (Lipinski definition) is 3. The molecule has 11 heteroatoms. The topological polar surface area (TPSA) is 147 Å². The molecule has 0 saturated carbocycles. The third kappa shape index (κ3) is 2.77. The van der Waals surface area contributed by atoms with E-state index in [1.54, 1.807) is 5.32 Å². The first kappa shape index (κ1) is 14.1. The molecular formula is C4H9NO8S2. The van der Waals surface area contributed by atoms with Gasteiger partial charge in [0.2, 0.25) is 0 Å². The highest BCUT2D eigenvalue weighted by Crippen LogP contribution is 2.24. The number of rotatable bonds is 3. The van der Waals surface area contributed by atoms with Crippen LogP contribution in [-0.2, 0) is 25.0 Å². The van der Waals surface area contributed by atoms with Crippen LogP contribution in [0, 0.1) is 0 Å². The second-order valence-corrected chi connectivity index (χ2v) is 6.17. The zero-order chi connectivity index (χ0) is 12.5. The van der Waals surface area contributed by atoms with E-state index >= 15 is 0 Å². The summed E-state index contributed by atoms with van der Waals surface area (Å²) in [6.45, 7) is 0.312. The summed E-state index contributed by atoms with van der Waals surface area (Å²) < 4.78 is 60.2. The Balaban J connectivity index is 5.57. The number of amides is 1. The van der Waals surface area contributed by atoms with Gasteiger partial charge in [-0.05, 0) is 0 Å².